The van der Waals surface area contributed by atoms with E-state index < -0.39 is 11.9 Å². The Balaban J connectivity index is 2.27. The minimum Gasteiger partial charge on any atom is -0.465 e. The van der Waals surface area contributed by atoms with Crippen molar-refractivity contribution in [2.75, 3.05) is 19.6 Å². The van der Waals surface area contributed by atoms with Crippen LogP contribution >= 0.6 is 11.6 Å². The first-order valence-electron chi connectivity index (χ1n) is 6.19. The molecule has 1 aliphatic heterocycles. The van der Waals surface area contributed by atoms with Crippen LogP contribution in [0.15, 0.2) is 18.2 Å². The molecule has 0 aliphatic carbocycles. The fourth-order valence-electron chi connectivity index (χ4n) is 2.59. The summed E-state index contributed by atoms with van der Waals surface area (Å²) in [7, 11) is 0. The number of amides is 1. The maximum atomic E-state index is 13.5. The van der Waals surface area contributed by atoms with E-state index in [0.29, 0.717) is 19.6 Å². The predicted octanol–water partition coefficient (Wildman–Crippen LogP) is 2.53. The highest BCUT2D eigenvalue weighted by Gasteiger charge is 2.35. The van der Waals surface area contributed by atoms with Crippen LogP contribution in [0.3, 0.4) is 0 Å². The van der Waals surface area contributed by atoms with Crippen LogP contribution in [0.2, 0.25) is 5.02 Å². The molecule has 1 aromatic rings. The first-order chi connectivity index (χ1) is 9.04. The zero-order valence-corrected chi connectivity index (χ0v) is 11.3. The maximum Gasteiger partial charge on any atom is 0.407 e. The van der Waals surface area contributed by atoms with E-state index in [1.54, 1.807) is 13.0 Å². The average Bonchev–Trinajstić information content (AvgIpc) is 2.82. The topological polar surface area (TPSA) is 52.6 Å². The van der Waals surface area contributed by atoms with E-state index in [2.05, 4.69) is 5.32 Å². The lowest BCUT2D eigenvalue weighted by atomic mass is 9.93. The smallest absolute Gasteiger partial charge is 0.407 e. The van der Waals surface area contributed by atoms with Gasteiger partial charge in [0, 0.05) is 25.6 Å². The van der Waals surface area contributed by atoms with Crippen molar-refractivity contribution in [2.24, 2.45) is 0 Å². The number of carboxylic acid groups (broad SMARTS) is 1. The standard InChI is InChI=1S/C13H16ClFN2O2/c1-2-17(13(18)19)12-7-16-6-9(12)8-3-4-10(14)11(15)5-8/h3-5,9,12,16H,2,6-7H2,1H3,(H,18,19)/t9-,12+/m0/s1. The summed E-state index contributed by atoms with van der Waals surface area (Å²) in [6.45, 7) is 3.42. The highest BCUT2D eigenvalue weighted by Crippen LogP contribution is 2.29. The molecule has 6 heteroatoms. The summed E-state index contributed by atoms with van der Waals surface area (Å²) >= 11 is 5.67. The van der Waals surface area contributed by atoms with Crippen molar-refractivity contribution in [3.8, 4) is 0 Å². The second kappa shape index (κ2) is 5.75. The van der Waals surface area contributed by atoms with E-state index in [1.807, 2.05) is 0 Å². The van der Waals surface area contributed by atoms with Crippen molar-refractivity contribution in [3.63, 3.8) is 0 Å². The van der Waals surface area contributed by atoms with Gasteiger partial charge >= 0.3 is 6.09 Å². The van der Waals surface area contributed by atoms with E-state index in [-0.39, 0.29) is 17.0 Å². The van der Waals surface area contributed by atoms with Crippen LogP contribution in [0, 0.1) is 5.82 Å². The molecule has 0 saturated carbocycles. The number of halogens is 2. The fraction of sp³-hybridized carbons (Fsp3) is 0.462. The molecular weight excluding hydrogens is 271 g/mol. The number of likely N-dealkylation sites (N-methyl/N-ethyl adjacent to an activating group) is 1. The van der Waals surface area contributed by atoms with Gasteiger partial charge in [-0.15, -0.1) is 0 Å². The quantitative estimate of drug-likeness (QED) is 0.898. The Labute approximate surface area is 116 Å². The molecule has 104 valence electrons. The van der Waals surface area contributed by atoms with Crippen molar-refractivity contribution in [1.82, 2.24) is 10.2 Å². The summed E-state index contributed by atoms with van der Waals surface area (Å²) in [5, 5.41) is 12.4. The lowest BCUT2D eigenvalue weighted by Gasteiger charge is -2.29. The largest absolute Gasteiger partial charge is 0.465 e. The lowest BCUT2D eigenvalue weighted by Crippen LogP contribution is -2.43. The minimum absolute atomic E-state index is 0.0529. The van der Waals surface area contributed by atoms with Crippen molar-refractivity contribution in [2.45, 2.75) is 18.9 Å². The normalized spacial score (nSPS) is 22.5. The molecule has 1 fully saturated rings. The molecule has 0 unspecified atom stereocenters. The Morgan fingerprint density at radius 2 is 2.32 bits per heavy atom. The van der Waals surface area contributed by atoms with Gasteiger partial charge in [-0.25, -0.2) is 9.18 Å². The minimum atomic E-state index is -0.948. The van der Waals surface area contributed by atoms with Crippen LogP contribution in [-0.4, -0.2) is 41.8 Å². The second-order valence-electron chi connectivity index (χ2n) is 4.57. The van der Waals surface area contributed by atoms with Gasteiger partial charge in [0.25, 0.3) is 0 Å². The average molecular weight is 287 g/mol. The lowest BCUT2D eigenvalue weighted by molar-refractivity contribution is 0.127. The van der Waals surface area contributed by atoms with Gasteiger partial charge in [0.1, 0.15) is 5.82 Å². The summed E-state index contributed by atoms with van der Waals surface area (Å²) in [5.41, 5.74) is 0.775. The van der Waals surface area contributed by atoms with E-state index in [0.717, 1.165) is 5.56 Å². The SMILES string of the molecule is CCN(C(=O)O)[C@@H]1CNC[C@H]1c1ccc(Cl)c(F)c1. The van der Waals surface area contributed by atoms with Crippen LogP contribution in [-0.2, 0) is 0 Å². The molecule has 1 saturated heterocycles. The zero-order valence-electron chi connectivity index (χ0n) is 10.6. The van der Waals surface area contributed by atoms with Crippen LogP contribution in [0.4, 0.5) is 9.18 Å². The Hall–Kier alpha value is -1.33. The number of benzene rings is 1. The summed E-state index contributed by atoms with van der Waals surface area (Å²) in [4.78, 5) is 12.6. The molecule has 1 aliphatic rings. The molecular formula is C13H16ClFN2O2. The summed E-state index contributed by atoms with van der Waals surface area (Å²) < 4.78 is 13.5. The van der Waals surface area contributed by atoms with Gasteiger partial charge in [-0.05, 0) is 24.6 Å². The van der Waals surface area contributed by atoms with Gasteiger partial charge in [0.15, 0.2) is 0 Å². The molecule has 0 radical (unpaired) electrons. The van der Waals surface area contributed by atoms with Crippen LogP contribution < -0.4 is 5.32 Å². The molecule has 0 bridgehead atoms. The molecule has 2 atom stereocenters. The van der Waals surface area contributed by atoms with Gasteiger partial charge in [-0.2, -0.15) is 0 Å². The summed E-state index contributed by atoms with van der Waals surface area (Å²) in [6.07, 6.45) is -0.948. The second-order valence-corrected chi connectivity index (χ2v) is 4.98. The molecule has 19 heavy (non-hydrogen) atoms. The van der Waals surface area contributed by atoms with E-state index in [9.17, 15) is 14.3 Å². The van der Waals surface area contributed by atoms with Gasteiger partial charge in [0.05, 0.1) is 11.1 Å². The third kappa shape index (κ3) is 2.82. The maximum absolute atomic E-state index is 13.5. The molecule has 1 amide bonds. The van der Waals surface area contributed by atoms with E-state index in [4.69, 9.17) is 11.6 Å². The molecule has 1 heterocycles. The van der Waals surface area contributed by atoms with Gasteiger partial charge in [-0.1, -0.05) is 17.7 Å². The molecule has 0 aromatic heterocycles. The van der Waals surface area contributed by atoms with Crippen LogP contribution in [0.1, 0.15) is 18.4 Å². The number of rotatable bonds is 3. The third-order valence-corrected chi connectivity index (χ3v) is 3.85. The van der Waals surface area contributed by atoms with Gasteiger partial charge < -0.3 is 15.3 Å². The van der Waals surface area contributed by atoms with Crippen LogP contribution in [0.5, 0.6) is 0 Å². The number of hydrogen-bond acceptors (Lipinski definition) is 2. The molecule has 4 nitrogen and oxygen atoms in total. The third-order valence-electron chi connectivity index (χ3n) is 3.54. The predicted molar refractivity (Wildman–Crippen MR) is 71.2 cm³/mol. The molecule has 2 N–H and O–H groups in total. The highest BCUT2D eigenvalue weighted by atomic mass is 35.5. The number of hydrogen-bond donors (Lipinski definition) is 2. The Bertz CT molecular complexity index is 484. The van der Waals surface area contributed by atoms with Gasteiger partial charge in [0.2, 0.25) is 0 Å². The van der Waals surface area contributed by atoms with Crippen LogP contribution in [0.25, 0.3) is 0 Å². The first kappa shape index (κ1) is 14.1. The first-order valence-corrected chi connectivity index (χ1v) is 6.57. The van der Waals surface area contributed by atoms with Crippen molar-refractivity contribution in [1.29, 1.82) is 0 Å². The Kier molecular flexibility index (Phi) is 4.27. The number of nitrogens with one attached hydrogen (secondary N) is 1. The summed E-state index contributed by atoms with van der Waals surface area (Å²) in [6, 6.07) is 4.48. The summed E-state index contributed by atoms with van der Waals surface area (Å²) in [5.74, 6) is -0.522. The monoisotopic (exact) mass is 286 g/mol. The number of carbonyl (C=O) groups is 1. The highest BCUT2D eigenvalue weighted by molar-refractivity contribution is 6.30. The van der Waals surface area contributed by atoms with Crippen molar-refractivity contribution in [3.05, 3.63) is 34.6 Å². The number of nitrogens with zero attached hydrogens (tertiary/aromatic N) is 1. The van der Waals surface area contributed by atoms with Crippen molar-refractivity contribution >= 4 is 17.7 Å². The van der Waals surface area contributed by atoms with Gasteiger partial charge in [-0.3, -0.25) is 0 Å². The Morgan fingerprint density at radius 1 is 1.58 bits per heavy atom. The molecule has 0 spiro atoms. The van der Waals surface area contributed by atoms with E-state index >= 15 is 0 Å². The Morgan fingerprint density at radius 3 is 2.89 bits per heavy atom. The fourth-order valence-corrected chi connectivity index (χ4v) is 2.70. The van der Waals surface area contributed by atoms with Crippen molar-refractivity contribution < 1.29 is 14.3 Å². The zero-order chi connectivity index (χ0) is 14.0. The molecule has 1 aromatic carbocycles. The van der Waals surface area contributed by atoms with E-state index in [1.165, 1.54) is 17.0 Å². The molecule has 2 rings (SSSR count).